The Morgan fingerprint density at radius 2 is 1.77 bits per heavy atom. The van der Waals surface area contributed by atoms with E-state index >= 15 is 0 Å². The van der Waals surface area contributed by atoms with E-state index in [0.717, 1.165) is 5.56 Å². The predicted octanol–water partition coefficient (Wildman–Crippen LogP) is 3.38. The molecule has 6 nitrogen and oxygen atoms in total. The summed E-state index contributed by atoms with van der Waals surface area (Å²) >= 11 is 0. The molecule has 164 valence electrons. The lowest BCUT2D eigenvalue weighted by atomic mass is 10.1. The summed E-state index contributed by atoms with van der Waals surface area (Å²) < 4.78 is 13.0. The fourth-order valence-corrected chi connectivity index (χ4v) is 3.51. The van der Waals surface area contributed by atoms with Crippen molar-refractivity contribution in [2.24, 2.45) is 5.92 Å². The van der Waals surface area contributed by atoms with Gasteiger partial charge in [0.15, 0.2) is 0 Å². The van der Waals surface area contributed by atoms with Gasteiger partial charge in [-0.3, -0.25) is 14.4 Å². The highest BCUT2D eigenvalue weighted by atomic mass is 19.1. The van der Waals surface area contributed by atoms with Crippen LogP contribution in [0, 0.1) is 11.7 Å². The minimum atomic E-state index is -0.487. The zero-order valence-electron chi connectivity index (χ0n) is 18.1. The number of carbonyl (C=O) groups excluding carboxylic acids is 3. The van der Waals surface area contributed by atoms with Gasteiger partial charge in [-0.1, -0.05) is 24.3 Å². The zero-order chi connectivity index (χ0) is 22.6. The second kappa shape index (κ2) is 9.29. The molecule has 1 heterocycles. The van der Waals surface area contributed by atoms with Crippen LogP contribution >= 0.6 is 0 Å². The Labute approximate surface area is 181 Å². The summed E-state index contributed by atoms with van der Waals surface area (Å²) in [7, 11) is 0. The fourth-order valence-electron chi connectivity index (χ4n) is 3.51. The van der Waals surface area contributed by atoms with Crippen molar-refractivity contribution in [3.05, 3.63) is 65.5 Å². The van der Waals surface area contributed by atoms with Crippen LogP contribution in [-0.2, 0) is 16.0 Å². The van der Waals surface area contributed by atoms with Crippen molar-refractivity contribution < 1.29 is 18.8 Å². The van der Waals surface area contributed by atoms with Crippen LogP contribution in [0.4, 0.5) is 10.1 Å². The summed E-state index contributed by atoms with van der Waals surface area (Å²) in [6.07, 6.45) is 0.724. The molecule has 0 bridgehead atoms. The molecular formula is C24H28FN3O3. The third kappa shape index (κ3) is 6.13. The number of rotatable bonds is 6. The third-order valence-electron chi connectivity index (χ3n) is 5.09. The van der Waals surface area contributed by atoms with Gasteiger partial charge >= 0.3 is 0 Å². The van der Waals surface area contributed by atoms with Gasteiger partial charge in [0.05, 0.1) is 17.2 Å². The molecule has 3 rings (SSSR count). The molecule has 2 aromatic carbocycles. The molecule has 1 aliphatic rings. The van der Waals surface area contributed by atoms with Crippen LogP contribution in [0.3, 0.4) is 0 Å². The summed E-state index contributed by atoms with van der Waals surface area (Å²) in [4.78, 5) is 39.4. The quantitative estimate of drug-likeness (QED) is 0.745. The number of amides is 3. The number of nitrogens with one attached hydrogen (secondary N) is 2. The molecule has 31 heavy (non-hydrogen) atoms. The van der Waals surface area contributed by atoms with Crippen molar-refractivity contribution in [3.63, 3.8) is 0 Å². The van der Waals surface area contributed by atoms with Gasteiger partial charge in [0.1, 0.15) is 5.82 Å². The van der Waals surface area contributed by atoms with Crippen molar-refractivity contribution in [2.75, 3.05) is 18.4 Å². The molecule has 1 unspecified atom stereocenters. The van der Waals surface area contributed by atoms with Crippen molar-refractivity contribution in [2.45, 2.75) is 39.2 Å². The van der Waals surface area contributed by atoms with Crippen molar-refractivity contribution in [1.29, 1.82) is 0 Å². The molecule has 3 amide bonds. The molecule has 2 N–H and O–H groups in total. The molecule has 1 aliphatic heterocycles. The topological polar surface area (TPSA) is 78.5 Å². The number of hydrogen-bond acceptors (Lipinski definition) is 3. The van der Waals surface area contributed by atoms with Gasteiger partial charge in [-0.05, 0) is 57.0 Å². The van der Waals surface area contributed by atoms with Gasteiger partial charge in [0.2, 0.25) is 11.8 Å². The monoisotopic (exact) mass is 425 g/mol. The van der Waals surface area contributed by atoms with E-state index in [4.69, 9.17) is 0 Å². The maximum absolute atomic E-state index is 13.0. The van der Waals surface area contributed by atoms with Gasteiger partial charge < -0.3 is 15.5 Å². The lowest BCUT2D eigenvalue weighted by Gasteiger charge is -2.22. The first kappa shape index (κ1) is 22.5. The van der Waals surface area contributed by atoms with E-state index in [2.05, 4.69) is 10.6 Å². The van der Waals surface area contributed by atoms with Crippen LogP contribution in [0.5, 0.6) is 0 Å². The summed E-state index contributed by atoms with van der Waals surface area (Å²) in [6, 6.07) is 13.0. The average Bonchev–Trinajstić information content (AvgIpc) is 3.07. The van der Waals surface area contributed by atoms with Crippen molar-refractivity contribution in [1.82, 2.24) is 10.2 Å². The van der Waals surface area contributed by atoms with Crippen LogP contribution in [0.15, 0.2) is 48.5 Å². The number of carbonyl (C=O) groups is 3. The Morgan fingerprint density at radius 3 is 2.45 bits per heavy atom. The number of nitrogens with zero attached hydrogens (tertiary/aromatic N) is 1. The predicted molar refractivity (Wildman–Crippen MR) is 117 cm³/mol. The highest BCUT2D eigenvalue weighted by molar-refractivity contribution is 6.05. The Kier molecular flexibility index (Phi) is 6.73. The summed E-state index contributed by atoms with van der Waals surface area (Å²) in [5.74, 6) is -1.42. The number of anilines is 1. The molecule has 1 saturated heterocycles. The average molecular weight is 426 g/mol. The number of benzene rings is 2. The van der Waals surface area contributed by atoms with E-state index in [-0.39, 0.29) is 30.0 Å². The lowest BCUT2D eigenvalue weighted by Crippen LogP contribution is -2.41. The molecule has 0 radical (unpaired) electrons. The molecule has 1 atom stereocenters. The molecular weight excluding hydrogens is 397 g/mol. The van der Waals surface area contributed by atoms with Gasteiger partial charge in [0, 0.05) is 25.0 Å². The lowest BCUT2D eigenvalue weighted by molar-refractivity contribution is -0.128. The fraction of sp³-hybridized carbons (Fsp3) is 0.375. The minimum absolute atomic E-state index is 0.0824. The molecule has 7 heteroatoms. The van der Waals surface area contributed by atoms with Gasteiger partial charge in [-0.25, -0.2) is 4.39 Å². The molecule has 0 aromatic heterocycles. The Morgan fingerprint density at radius 1 is 1.10 bits per heavy atom. The summed E-state index contributed by atoms with van der Waals surface area (Å²) in [6.45, 7) is 6.45. The second-order valence-corrected chi connectivity index (χ2v) is 8.86. The SMILES string of the molecule is CC(C)(C)NC(=O)c1ccccc1NC(=O)C1CC(=O)N(CCc2ccc(F)cc2)C1. The van der Waals surface area contributed by atoms with E-state index in [1.54, 1.807) is 41.3 Å². The van der Waals surface area contributed by atoms with Gasteiger partial charge in [0.25, 0.3) is 5.91 Å². The number of halogens is 1. The highest BCUT2D eigenvalue weighted by Crippen LogP contribution is 2.22. The van der Waals surface area contributed by atoms with E-state index in [9.17, 15) is 18.8 Å². The molecule has 0 spiro atoms. The molecule has 1 fully saturated rings. The maximum Gasteiger partial charge on any atom is 0.253 e. The molecule has 0 aliphatic carbocycles. The standard InChI is InChI=1S/C24H28FN3O3/c1-24(2,3)27-23(31)19-6-4-5-7-20(19)26-22(30)17-14-21(29)28(15-17)13-12-16-8-10-18(25)11-9-16/h4-11,17H,12-15H2,1-3H3,(H,26,30)(H,27,31). The van der Waals surface area contributed by atoms with E-state index in [0.29, 0.717) is 30.8 Å². The summed E-state index contributed by atoms with van der Waals surface area (Å²) in [5.41, 5.74) is 1.33. The second-order valence-electron chi connectivity index (χ2n) is 8.86. The first-order valence-electron chi connectivity index (χ1n) is 10.4. The smallest absolute Gasteiger partial charge is 0.253 e. The van der Waals surface area contributed by atoms with Gasteiger partial charge in [-0.15, -0.1) is 0 Å². The largest absolute Gasteiger partial charge is 0.347 e. The maximum atomic E-state index is 13.0. The van der Waals surface area contributed by atoms with Crippen molar-refractivity contribution in [3.8, 4) is 0 Å². The third-order valence-corrected chi connectivity index (χ3v) is 5.09. The first-order valence-corrected chi connectivity index (χ1v) is 10.4. The van der Waals surface area contributed by atoms with Crippen molar-refractivity contribution >= 4 is 23.4 Å². The summed E-state index contributed by atoms with van der Waals surface area (Å²) in [5, 5.41) is 5.71. The van der Waals surface area contributed by atoms with Crippen LogP contribution in [0.1, 0.15) is 43.1 Å². The van der Waals surface area contributed by atoms with Gasteiger partial charge in [-0.2, -0.15) is 0 Å². The minimum Gasteiger partial charge on any atom is -0.347 e. The van der Waals surface area contributed by atoms with Crippen LogP contribution in [-0.4, -0.2) is 41.2 Å². The normalized spacial score (nSPS) is 16.3. The number of para-hydroxylation sites is 1. The van der Waals surface area contributed by atoms with Crippen LogP contribution in [0.25, 0.3) is 0 Å². The Balaban J connectivity index is 1.61. The molecule has 0 saturated carbocycles. The first-order chi connectivity index (χ1) is 14.6. The Hall–Kier alpha value is -3.22. The van der Waals surface area contributed by atoms with E-state index < -0.39 is 11.5 Å². The number of hydrogen-bond donors (Lipinski definition) is 2. The van der Waals surface area contributed by atoms with Crippen LogP contribution < -0.4 is 10.6 Å². The van der Waals surface area contributed by atoms with E-state index in [1.807, 2.05) is 20.8 Å². The van der Waals surface area contributed by atoms with E-state index in [1.165, 1.54) is 12.1 Å². The van der Waals surface area contributed by atoms with Crippen LogP contribution in [0.2, 0.25) is 0 Å². The zero-order valence-corrected chi connectivity index (χ0v) is 18.1. The molecule has 2 aromatic rings. The number of likely N-dealkylation sites (tertiary alicyclic amines) is 1. The highest BCUT2D eigenvalue weighted by Gasteiger charge is 2.34. The Bertz CT molecular complexity index is 967.